The molecule has 0 amide bonds. The van der Waals surface area contributed by atoms with E-state index in [9.17, 15) is 4.79 Å². The minimum absolute atomic E-state index is 0.0148. The maximum atomic E-state index is 11.7. The number of nitrogens with zero attached hydrogens (tertiary/aromatic N) is 1. The van der Waals surface area contributed by atoms with Gasteiger partial charge in [0.2, 0.25) is 0 Å². The first-order chi connectivity index (χ1) is 8.56. The summed E-state index contributed by atoms with van der Waals surface area (Å²) < 4.78 is 0. The predicted octanol–water partition coefficient (Wildman–Crippen LogP) is 2.88. The average Bonchev–Trinajstić information content (AvgIpc) is 2.27. The minimum Gasteiger partial charge on any atom is -0.310 e. The van der Waals surface area contributed by atoms with Gasteiger partial charge in [0.05, 0.1) is 5.25 Å². The fourth-order valence-corrected chi connectivity index (χ4v) is 4.83. The Morgan fingerprint density at radius 1 is 1.44 bits per heavy atom. The average molecular weight is 284 g/mol. The largest absolute Gasteiger partial charge is 0.310 e. The van der Waals surface area contributed by atoms with Crippen LogP contribution in [0.25, 0.3) is 0 Å². The summed E-state index contributed by atoms with van der Waals surface area (Å²) in [5.74, 6) is 3.72. The number of aromatic amines is 1. The summed E-state index contributed by atoms with van der Waals surface area (Å²) in [4.78, 5) is 19.3. The number of H-pyrrole nitrogens is 1. The first-order valence-electron chi connectivity index (χ1n) is 6.39. The van der Waals surface area contributed by atoms with Gasteiger partial charge in [0, 0.05) is 28.5 Å². The van der Waals surface area contributed by atoms with E-state index in [0.29, 0.717) is 16.4 Å². The van der Waals surface area contributed by atoms with Crippen LogP contribution in [-0.4, -0.2) is 26.7 Å². The Hall–Kier alpha value is -0.420. The Kier molecular flexibility index (Phi) is 4.78. The second kappa shape index (κ2) is 6.15. The first-order valence-corrected chi connectivity index (χ1v) is 8.49. The Bertz CT molecular complexity index is 459. The fraction of sp³-hybridized carbons (Fsp3) is 0.692. The zero-order valence-electron chi connectivity index (χ0n) is 11.1. The van der Waals surface area contributed by atoms with Crippen molar-refractivity contribution < 1.29 is 0 Å². The molecule has 5 heteroatoms. The predicted molar refractivity (Wildman–Crippen MR) is 80.5 cm³/mol. The van der Waals surface area contributed by atoms with Crippen molar-refractivity contribution in [1.29, 1.82) is 0 Å². The molecule has 1 saturated heterocycles. The van der Waals surface area contributed by atoms with Gasteiger partial charge in [0.15, 0.2) is 0 Å². The van der Waals surface area contributed by atoms with E-state index in [1.54, 1.807) is 6.07 Å². The van der Waals surface area contributed by atoms with Crippen molar-refractivity contribution in [2.75, 3.05) is 11.5 Å². The Morgan fingerprint density at radius 3 is 2.83 bits per heavy atom. The van der Waals surface area contributed by atoms with Gasteiger partial charge in [0.25, 0.3) is 5.56 Å². The third-order valence-electron chi connectivity index (χ3n) is 2.89. The van der Waals surface area contributed by atoms with Crippen LogP contribution >= 0.6 is 23.5 Å². The van der Waals surface area contributed by atoms with Crippen LogP contribution < -0.4 is 5.56 Å². The molecule has 2 unspecified atom stereocenters. The summed E-state index contributed by atoms with van der Waals surface area (Å²) in [6.07, 6.45) is 0.871. The summed E-state index contributed by atoms with van der Waals surface area (Å²) in [5.41, 5.74) is 0.908. The number of aromatic nitrogens is 2. The van der Waals surface area contributed by atoms with E-state index in [-0.39, 0.29) is 5.56 Å². The summed E-state index contributed by atoms with van der Waals surface area (Å²) in [6, 6.07) is 1.63. The van der Waals surface area contributed by atoms with Crippen LogP contribution in [-0.2, 0) is 6.42 Å². The van der Waals surface area contributed by atoms with E-state index < -0.39 is 0 Å². The van der Waals surface area contributed by atoms with Gasteiger partial charge in [-0.05, 0) is 12.3 Å². The molecule has 2 atom stereocenters. The highest BCUT2D eigenvalue weighted by Crippen LogP contribution is 2.40. The van der Waals surface area contributed by atoms with Crippen LogP contribution in [0.5, 0.6) is 0 Å². The smallest absolute Gasteiger partial charge is 0.251 e. The summed E-state index contributed by atoms with van der Waals surface area (Å²) in [6.45, 7) is 6.52. The molecule has 1 fully saturated rings. The lowest BCUT2D eigenvalue weighted by Gasteiger charge is -2.27. The zero-order chi connectivity index (χ0) is 13.1. The molecule has 0 spiro atoms. The van der Waals surface area contributed by atoms with E-state index in [4.69, 9.17) is 0 Å². The number of hydrogen-bond acceptors (Lipinski definition) is 4. The molecule has 100 valence electrons. The number of rotatable bonds is 3. The van der Waals surface area contributed by atoms with Crippen molar-refractivity contribution in [2.45, 2.75) is 37.7 Å². The van der Waals surface area contributed by atoms with E-state index >= 15 is 0 Å². The highest BCUT2D eigenvalue weighted by atomic mass is 32.2. The Balaban J connectivity index is 2.26. The molecule has 1 N–H and O–H groups in total. The summed E-state index contributed by atoms with van der Waals surface area (Å²) in [5, 5.41) is 0.838. The van der Waals surface area contributed by atoms with Crippen molar-refractivity contribution in [3.05, 3.63) is 27.9 Å². The van der Waals surface area contributed by atoms with E-state index in [0.717, 1.165) is 23.7 Å². The maximum Gasteiger partial charge on any atom is 0.251 e. The number of hydrogen-bond donors (Lipinski definition) is 1. The lowest BCUT2D eigenvalue weighted by molar-refractivity contribution is 0.627. The molecule has 2 heterocycles. The van der Waals surface area contributed by atoms with Gasteiger partial charge in [-0.2, -0.15) is 11.8 Å². The van der Waals surface area contributed by atoms with Crippen molar-refractivity contribution in [3.63, 3.8) is 0 Å². The van der Waals surface area contributed by atoms with E-state index in [1.165, 1.54) is 5.75 Å². The first kappa shape index (κ1) is 14.0. The highest BCUT2D eigenvalue weighted by Gasteiger charge is 2.26. The number of thioether (sulfide) groups is 2. The SMILES string of the molecule is CC(C)Cc1cc(=O)[nH]c(C2SCCSC2C)n1. The molecule has 1 aromatic rings. The maximum absolute atomic E-state index is 11.7. The van der Waals surface area contributed by atoms with Crippen molar-refractivity contribution in [1.82, 2.24) is 9.97 Å². The van der Waals surface area contributed by atoms with E-state index in [2.05, 4.69) is 30.7 Å². The third-order valence-corrected chi connectivity index (χ3v) is 5.99. The molecule has 1 aliphatic heterocycles. The van der Waals surface area contributed by atoms with Gasteiger partial charge in [-0.25, -0.2) is 4.98 Å². The molecule has 0 saturated carbocycles. The van der Waals surface area contributed by atoms with Crippen LogP contribution in [0.1, 0.15) is 37.5 Å². The summed E-state index contributed by atoms with van der Waals surface area (Å²) >= 11 is 3.87. The molecule has 3 nitrogen and oxygen atoms in total. The van der Waals surface area contributed by atoms with Gasteiger partial charge < -0.3 is 4.98 Å². The Morgan fingerprint density at radius 2 is 2.17 bits per heavy atom. The molecule has 1 aromatic heterocycles. The van der Waals surface area contributed by atoms with Crippen LogP contribution in [0.3, 0.4) is 0 Å². The van der Waals surface area contributed by atoms with Crippen LogP contribution in [0.4, 0.5) is 0 Å². The standard InChI is InChI=1S/C13H20N2OS2/c1-8(2)6-10-7-11(16)15-13(14-10)12-9(3)17-4-5-18-12/h7-9,12H,4-6H2,1-3H3,(H,14,15,16). The lowest BCUT2D eigenvalue weighted by atomic mass is 10.1. The van der Waals surface area contributed by atoms with Crippen LogP contribution in [0.2, 0.25) is 0 Å². The van der Waals surface area contributed by atoms with Gasteiger partial charge in [0.1, 0.15) is 5.82 Å². The molecule has 0 aromatic carbocycles. The highest BCUT2D eigenvalue weighted by molar-refractivity contribution is 8.06. The fourth-order valence-electron chi connectivity index (χ4n) is 2.12. The van der Waals surface area contributed by atoms with Crippen molar-refractivity contribution >= 4 is 23.5 Å². The normalized spacial score (nSPS) is 24.4. The molecule has 0 bridgehead atoms. The van der Waals surface area contributed by atoms with Crippen LogP contribution in [0.15, 0.2) is 10.9 Å². The number of nitrogens with one attached hydrogen (secondary N) is 1. The molecule has 1 aliphatic rings. The molecule has 0 radical (unpaired) electrons. The molecule has 18 heavy (non-hydrogen) atoms. The monoisotopic (exact) mass is 284 g/mol. The second-order valence-corrected chi connectivity index (χ2v) is 7.82. The van der Waals surface area contributed by atoms with Crippen molar-refractivity contribution in [3.8, 4) is 0 Å². The van der Waals surface area contributed by atoms with Gasteiger partial charge in [-0.1, -0.05) is 20.8 Å². The van der Waals surface area contributed by atoms with E-state index in [1.807, 2.05) is 23.5 Å². The third kappa shape index (κ3) is 3.54. The minimum atomic E-state index is -0.0148. The topological polar surface area (TPSA) is 45.8 Å². The van der Waals surface area contributed by atoms with Gasteiger partial charge in [-0.15, -0.1) is 11.8 Å². The quantitative estimate of drug-likeness (QED) is 0.927. The van der Waals surface area contributed by atoms with Crippen LogP contribution in [0, 0.1) is 5.92 Å². The Labute approximate surface area is 117 Å². The molecular formula is C13H20N2OS2. The summed E-state index contributed by atoms with van der Waals surface area (Å²) in [7, 11) is 0. The molecule has 0 aliphatic carbocycles. The second-order valence-electron chi connectivity index (χ2n) is 5.09. The molecular weight excluding hydrogens is 264 g/mol. The molecule has 2 rings (SSSR count). The zero-order valence-corrected chi connectivity index (χ0v) is 12.7. The van der Waals surface area contributed by atoms with Gasteiger partial charge in [-0.3, -0.25) is 4.79 Å². The van der Waals surface area contributed by atoms with Gasteiger partial charge >= 0.3 is 0 Å². The van der Waals surface area contributed by atoms with Crippen molar-refractivity contribution in [2.24, 2.45) is 5.92 Å². The lowest BCUT2D eigenvalue weighted by Crippen LogP contribution is -2.22.